The second-order valence-corrected chi connectivity index (χ2v) is 7.20. The highest BCUT2D eigenvalue weighted by Crippen LogP contribution is 2.41. The average Bonchev–Trinajstić information content (AvgIpc) is 3.04. The zero-order chi connectivity index (χ0) is 15.4. The van der Waals surface area contributed by atoms with Gasteiger partial charge in [0.05, 0.1) is 5.92 Å². The predicted octanol–water partition coefficient (Wildman–Crippen LogP) is 3.27. The summed E-state index contributed by atoms with van der Waals surface area (Å²) in [5, 5.41) is 7.33. The maximum Gasteiger partial charge on any atom is 0.224 e. The van der Waals surface area contributed by atoms with Crippen LogP contribution in [0.3, 0.4) is 0 Å². The van der Waals surface area contributed by atoms with Crippen LogP contribution in [0.15, 0.2) is 24.3 Å². The first-order valence-electron chi connectivity index (χ1n) is 8.44. The molecule has 1 aliphatic carbocycles. The van der Waals surface area contributed by atoms with E-state index in [0.717, 1.165) is 50.3 Å². The van der Waals surface area contributed by atoms with Crippen LogP contribution in [0.5, 0.6) is 0 Å². The van der Waals surface area contributed by atoms with Crippen LogP contribution < -0.4 is 10.6 Å². The standard InChI is InChI=1S/C18H25ClN2O/c19-16-7-3-6-15(11-16)18(8-1-2-9-18)13-21-17(22)14-5-4-10-20-12-14/h3,6-7,11,14,20H,1-2,4-5,8-10,12-13H2,(H,21,22). The molecule has 1 saturated carbocycles. The van der Waals surface area contributed by atoms with E-state index in [0.29, 0.717) is 0 Å². The summed E-state index contributed by atoms with van der Waals surface area (Å²) in [5.74, 6) is 0.340. The van der Waals surface area contributed by atoms with Gasteiger partial charge in [0.25, 0.3) is 0 Å². The molecule has 120 valence electrons. The van der Waals surface area contributed by atoms with Gasteiger partial charge in [-0.1, -0.05) is 36.6 Å². The van der Waals surface area contributed by atoms with Crippen LogP contribution in [0.4, 0.5) is 0 Å². The molecule has 2 fully saturated rings. The highest BCUT2D eigenvalue weighted by Gasteiger charge is 2.36. The molecular formula is C18H25ClN2O. The van der Waals surface area contributed by atoms with Crippen molar-refractivity contribution in [1.82, 2.24) is 10.6 Å². The normalized spacial score (nSPS) is 24.1. The monoisotopic (exact) mass is 320 g/mol. The second-order valence-electron chi connectivity index (χ2n) is 6.76. The third-order valence-corrected chi connectivity index (χ3v) is 5.50. The van der Waals surface area contributed by atoms with Crippen LogP contribution >= 0.6 is 11.6 Å². The number of piperidine rings is 1. The molecule has 3 nitrogen and oxygen atoms in total. The molecule has 1 unspecified atom stereocenters. The molecular weight excluding hydrogens is 296 g/mol. The number of benzene rings is 1. The molecule has 2 N–H and O–H groups in total. The Morgan fingerprint density at radius 2 is 2.14 bits per heavy atom. The molecule has 0 radical (unpaired) electrons. The first kappa shape index (κ1) is 15.8. The molecule has 1 aliphatic heterocycles. The van der Waals surface area contributed by atoms with Gasteiger partial charge in [0, 0.05) is 23.5 Å². The van der Waals surface area contributed by atoms with Crippen molar-refractivity contribution in [3.05, 3.63) is 34.9 Å². The average molecular weight is 321 g/mol. The van der Waals surface area contributed by atoms with E-state index in [9.17, 15) is 4.79 Å². The smallest absolute Gasteiger partial charge is 0.224 e. The van der Waals surface area contributed by atoms with Crippen molar-refractivity contribution in [3.8, 4) is 0 Å². The van der Waals surface area contributed by atoms with E-state index in [1.807, 2.05) is 12.1 Å². The van der Waals surface area contributed by atoms with Gasteiger partial charge in [-0.05, 0) is 49.9 Å². The van der Waals surface area contributed by atoms with Gasteiger partial charge in [0.15, 0.2) is 0 Å². The topological polar surface area (TPSA) is 41.1 Å². The molecule has 1 heterocycles. The van der Waals surface area contributed by atoms with Crippen LogP contribution in [0, 0.1) is 5.92 Å². The van der Waals surface area contributed by atoms with Gasteiger partial charge >= 0.3 is 0 Å². The molecule has 0 bridgehead atoms. The third-order valence-electron chi connectivity index (χ3n) is 5.27. The number of hydrogen-bond donors (Lipinski definition) is 2. The van der Waals surface area contributed by atoms with Crippen molar-refractivity contribution in [2.75, 3.05) is 19.6 Å². The van der Waals surface area contributed by atoms with Crippen LogP contribution in [0.1, 0.15) is 44.1 Å². The van der Waals surface area contributed by atoms with E-state index in [1.165, 1.54) is 18.4 Å². The predicted molar refractivity (Wildman–Crippen MR) is 90.2 cm³/mol. The quantitative estimate of drug-likeness (QED) is 0.894. The summed E-state index contributed by atoms with van der Waals surface area (Å²) >= 11 is 6.17. The SMILES string of the molecule is O=C(NCC1(c2cccc(Cl)c2)CCCC1)C1CCCNC1. The molecule has 1 atom stereocenters. The summed E-state index contributed by atoms with van der Waals surface area (Å²) in [6, 6.07) is 8.16. The Balaban J connectivity index is 1.68. The van der Waals surface area contributed by atoms with Gasteiger partial charge in [-0.15, -0.1) is 0 Å². The fourth-order valence-electron chi connectivity index (χ4n) is 3.91. The van der Waals surface area contributed by atoms with E-state index >= 15 is 0 Å². The van der Waals surface area contributed by atoms with E-state index in [-0.39, 0.29) is 17.2 Å². The first-order chi connectivity index (χ1) is 10.7. The lowest BCUT2D eigenvalue weighted by atomic mass is 9.78. The van der Waals surface area contributed by atoms with Crippen molar-refractivity contribution < 1.29 is 4.79 Å². The zero-order valence-electron chi connectivity index (χ0n) is 13.0. The molecule has 0 aromatic heterocycles. The minimum Gasteiger partial charge on any atom is -0.355 e. The molecule has 0 spiro atoms. The summed E-state index contributed by atoms with van der Waals surface area (Å²) in [6.07, 6.45) is 6.83. The number of carbonyl (C=O) groups excluding carboxylic acids is 1. The van der Waals surface area contributed by atoms with Gasteiger partial charge in [0.1, 0.15) is 0 Å². The Morgan fingerprint density at radius 3 is 2.82 bits per heavy atom. The number of nitrogens with one attached hydrogen (secondary N) is 2. The minimum atomic E-state index is 0.0721. The Morgan fingerprint density at radius 1 is 1.32 bits per heavy atom. The van der Waals surface area contributed by atoms with Crippen molar-refractivity contribution in [1.29, 1.82) is 0 Å². The van der Waals surface area contributed by atoms with Crippen molar-refractivity contribution in [2.45, 2.75) is 43.9 Å². The summed E-state index contributed by atoms with van der Waals surface area (Å²) in [6.45, 7) is 2.59. The number of hydrogen-bond acceptors (Lipinski definition) is 2. The lowest BCUT2D eigenvalue weighted by molar-refractivity contribution is -0.125. The molecule has 2 aliphatic rings. The maximum atomic E-state index is 12.4. The number of rotatable bonds is 4. The molecule has 1 saturated heterocycles. The lowest BCUT2D eigenvalue weighted by Crippen LogP contribution is -2.45. The first-order valence-corrected chi connectivity index (χ1v) is 8.82. The fraction of sp³-hybridized carbons (Fsp3) is 0.611. The van der Waals surface area contributed by atoms with Crippen LogP contribution in [-0.2, 0) is 10.2 Å². The van der Waals surface area contributed by atoms with E-state index in [1.54, 1.807) is 0 Å². The van der Waals surface area contributed by atoms with E-state index in [2.05, 4.69) is 22.8 Å². The van der Waals surface area contributed by atoms with Crippen molar-refractivity contribution in [3.63, 3.8) is 0 Å². The molecule has 3 rings (SSSR count). The van der Waals surface area contributed by atoms with E-state index in [4.69, 9.17) is 11.6 Å². The van der Waals surface area contributed by atoms with Gasteiger partial charge in [-0.25, -0.2) is 0 Å². The third kappa shape index (κ3) is 3.47. The molecule has 22 heavy (non-hydrogen) atoms. The molecule has 4 heteroatoms. The molecule has 1 aromatic rings. The summed E-state index contributed by atoms with van der Waals surface area (Å²) in [5.41, 5.74) is 1.35. The Hall–Kier alpha value is -1.06. The lowest BCUT2D eigenvalue weighted by Gasteiger charge is -2.31. The summed E-state index contributed by atoms with van der Waals surface area (Å²) in [7, 11) is 0. The van der Waals surface area contributed by atoms with Crippen LogP contribution in [0.25, 0.3) is 0 Å². The molecule has 1 amide bonds. The Bertz CT molecular complexity index is 520. The Kier molecular flexibility index (Phi) is 5.04. The van der Waals surface area contributed by atoms with E-state index < -0.39 is 0 Å². The van der Waals surface area contributed by atoms with Crippen molar-refractivity contribution >= 4 is 17.5 Å². The van der Waals surface area contributed by atoms with Crippen LogP contribution in [0.2, 0.25) is 5.02 Å². The maximum absolute atomic E-state index is 12.4. The van der Waals surface area contributed by atoms with Gasteiger partial charge in [0.2, 0.25) is 5.91 Å². The summed E-state index contributed by atoms with van der Waals surface area (Å²) in [4.78, 5) is 12.4. The van der Waals surface area contributed by atoms with Gasteiger partial charge < -0.3 is 10.6 Å². The Labute approximate surface area is 137 Å². The zero-order valence-corrected chi connectivity index (χ0v) is 13.8. The largest absolute Gasteiger partial charge is 0.355 e. The fourth-order valence-corrected chi connectivity index (χ4v) is 4.10. The minimum absolute atomic E-state index is 0.0721. The molecule has 1 aromatic carbocycles. The van der Waals surface area contributed by atoms with Gasteiger partial charge in [-0.3, -0.25) is 4.79 Å². The van der Waals surface area contributed by atoms with Crippen LogP contribution in [-0.4, -0.2) is 25.5 Å². The summed E-state index contributed by atoms with van der Waals surface area (Å²) < 4.78 is 0. The van der Waals surface area contributed by atoms with Crippen molar-refractivity contribution in [2.24, 2.45) is 5.92 Å². The number of carbonyl (C=O) groups is 1. The highest BCUT2D eigenvalue weighted by molar-refractivity contribution is 6.30. The van der Waals surface area contributed by atoms with Gasteiger partial charge in [-0.2, -0.15) is 0 Å². The second kappa shape index (κ2) is 7.01. The number of amides is 1. The highest BCUT2D eigenvalue weighted by atomic mass is 35.5. The number of halogens is 1.